The van der Waals surface area contributed by atoms with Crippen molar-refractivity contribution < 1.29 is 18.7 Å². The van der Waals surface area contributed by atoms with Gasteiger partial charge in [0, 0.05) is 16.8 Å². The average Bonchev–Trinajstić information content (AvgIpc) is 3.48. The average molecular weight is 393 g/mol. The van der Waals surface area contributed by atoms with Crippen molar-refractivity contribution in [2.75, 3.05) is 0 Å². The number of nitrogens with zero attached hydrogens (tertiary/aromatic N) is 1. The van der Waals surface area contributed by atoms with Crippen molar-refractivity contribution in [3.63, 3.8) is 0 Å². The van der Waals surface area contributed by atoms with Crippen molar-refractivity contribution in [3.8, 4) is 17.1 Å². The van der Waals surface area contributed by atoms with Gasteiger partial charge in [-0.05, 0) is 35.0 Å². The molecule has 0 unspecified atom stereocenters. The summed E-state index contributed by atoms with van der Waals surface area (Å²) in [5, 5.41) is 13.8. The van der Waals surface area contributed by atoms with Crippen LogP contribution < -0.4 is 0 Å². The molecule has 30 heavy (non-hydrogen) atoms. The van der Waals surface area contributed by atoms with Gasteiger partial charge < -0.3 is 18.5 Å². The van der Waals surface area contributed by atoms with Crippen LogP contribution in [0.2, 0.25) is 0 Å². The Hall–Kier alpha value is -4.25. The Labute approximate surface area is 170 Å². The highest BCUT2D eigenvalue weighted by Crippen LogP contribution is 2.38. The third kappa shape index (κ3) is 2.32. The van der Waals surface area contributed by atoms with E-state index < -0.39 is 5.97 Å². The van der Waals surface area contributed by atoms with E-state index in [1.54, 1.807) is 6.07 Å². The molecule has 0 saturated heterocycles. The molecule has 3 heterocycles. The van der Waals surface area contributed by atoms with Crippen LogP contribution in [0.3, 0.4) is 0 Å². The summed E-state index contributed by atoms with van der Waals surface area (Å²) >= 11 is 0. The highest BCUT2D eigenvalue weighted by Gasteiger charge is 2.23. The van der Waals surface area contributed by atoms with E-state index in [9.17, 15) is 9.90 Å². The highest BCUT2D eigenvalue weighted by atomic mass is 16.4. The van der Waals surface area contributed by atoms with Crippen LogP contribution in [0.5, 0.6) is 0 Å². The number of benzene rings is 3. The molecule has 6 rings (SSSR count). The lowest BCUT2D eigenvalue weighted by atomic mass is 10.1. The summed E-state index contributed by atoms with van der Waals surface area (Å²) in [6, 6.07) is 25.7. The van der Waals surface area contributed by atoms with Gasteiger partial charge in [-0.1, -0.05) is 48.5 Å². The van der Waals surface area contributed by atoms with E-state index in [0.29, 0.717) is 11.4 Å². The first-order chi connectivity index (χ1) is 14.7. The van der Waals surface area contributed by atoms with Crippen molar-refractivity contribution in [1.82, 2.24) is 4.57 Å². The third-order valence-electron chi connectivity index (χ3n) is 5.47. The molecule has 0 bridgehead atoms. The number of aromatic carboxylic acids is 1. The standard InChI is InChI=1S/C25H15NO4/c27-25(28)24-20(11-12-29-24)26-19-10-9-15-5-1-3-7-17(15)18(19)14-21(26)23-13-16-6-2-4-8-22(16)30-23/h1-14H,(H,27,28). The molecule has 5 nitrogen and oxygen atoms in total. The van der Waals surface area contributed by atoms with Crippen LogP contribution in [0.15, 0.2) is 94.0 Å². The molecular weight excluding hydrogens is 378 g/mol. The van der Waals surface area contributed by atoms with Gasteiger partial charge in [-0.2, -0.15) is 0 Å². The summed E-state index contributed by atoms with van der Waals surface area (Å²) in [6.07, 6.45) is 1.40. The quantitative estimate of drug-likeness (QED) is 0.373. The lowest BCUT2D eigenvalue weighted by Crippen LogP contribution is -2.03. The first-order valence-electron chi connectivity index (χ1n) is 9.54. The van der Waals surface area contributed by atoms with Gasteiger partial charge in [0.25, 0.3) is 0 Å². The number of hydrogen-bond donors (Lipinski definition) is 1. The number of carboxylic acid groups (broad SMARTS) is 1. The minimum absolute atomic E-state index is 0.113. The fraction of sp³-hybridized carbons (Fsp3) is 0. The maximum atomic E-state index is 11.8. The second-order valence-electron chi connectivity index (χ2n) is 7.17. The van der Waals surface area contributed by atoms with Crippen LogP contribution in [0, 0.1) is 0 Å². The van der Waals surface area contributed by atoms with Crippen molar-refractivity contribution in [2.45, 2.75) is 0 Å². The minimum Gasteiger partial charge on any atom is -0.475 e. The molecule has 0 aliphatic carbocycles. The van der Waals surface area contributed by atoms with Gasteiger partial charge in [0.1, 0.15) is 5.58 Å². The Kier molecular flexibility index (Phi) is 3.40. The maximum Gasteiger partial charge on any atom is 0.374 e. The van der Waals surface area contributed by atoms with Crippen LogP contribution in [0.4, 0.5) is 0 Å². The van der Waals surface area contributed by atoms with Gasteiger partial charge >= 0.3 is 5.97 Å². The number of rotatable bonds is 3. The molecule has 6 aromatic rings. The molecule has 5 heteroatoms. The van der Waals surface area contributed by atoms with Crippen molar-refractivity contribution in [2.24, 2.45) is 0 Å². The van der Waals surface area contributed by atoms with E-state index in [1.165, 1.54) is 6.26 Å². The molecule has 0 saturated carbocycles. The largest absolute Gasteiger partial charge is 0.475 e. The SMILES string of the molecule is O=C(O)c1occc1-n1c(-c2cc3ccccc3o2)cc2c3ccccc3ccc21. The number of aromatic nitrogens is 1. The van der Waals surface area contributed by atoms with Crippen LogP contribution in [-0.4, -0.2) is 15.6 Å². The van der Waals surface area contributed by atoms with E-state index in [4.69, 9.17) is 8.83 Å². The summed E-state index contributed by atoms with van der Waals surface area (Å²) in [5.41, 5.74) is 2.89. The van der Waals surface area contributed by atoms with Gasteiger partial charge in [0.2, 0.25) is 5.76 Å². The molecule has 144 valence electrons. The van der Waals surface area contributed by atoms with Crippen LogP contribution >= 0.6 is 0 Å². The molecule has 3 aromatic carbocycles. The normalized spacial score (nSPS) is 11.6. The predicted molar refractivity (Wildman–Crippen MR) is 115 cm³/mol. The van der Waals surface area contributed by atoms with Gasteiger partial charge in [0.15, 0.2) is 5.76 Å². The summed E-state index contributed by atoms with van der Waals surface area (Å²) in [6.45, 7) is 0. The van der Waals surface area contributed by atoms with Gasteiger partial charge in [-0.15, -0.1) is 0 Å². The number of para-hydroxylation sites is 1. The van der Waals surface area contributed by atoms with Gasteiger partial charge in [-0.25, -0.2) is 4.79 Å². The monoisotopic (exact) mass is 393 g/mol. The topological polar surface area (TPSA) is 68.5 Å². The van der Waals surface area contributed by atoms with E-state index in [1.807, 2.05) is 65.2 Å². The van der Waals surface area contributed by atoms with E-state index >= 15 is 0 Å². The number of fused-ring (bicyclic) bond motifs is 4. The smallest absolute Gasteiger partial charge is 0.374 e. The Balaban J connectivity index is 1.75. The lowest BCUT2D eigenvalue weighted by Gasteiger charge is -2.08. The minimum atomic E-state index is -1.12. The second kappa shape index (κ2) is 6.12. The highest BCUT2D eigenvalue weighted by molar-refractivity contribution is 6.09. The lowest BCUT2D eigenvalue weighted by molar-refractivity contribution is 0.0662. The van der Waals surface area contributed by atoms with Gasteiger partial charge in [0.05, 0.1) is 23.2 Å². The first-order valence-corrected chi connectivity index (χ1v) is 9.54. The first kappa shape index (κ1) is 16.7. The zero-order valence-electron chi connectivity index (χ0n) is 15.7. The third-order valence-corrected chi connectivity index (χ3v) is 5.47. The molecule has 1 N–H and O–H groups in total. The number of furan rings is 2. The fourth-order valence-electron chi connectivity index (χ4n) is 4.15. The molecule has 0 amide bonds. The Bertz CT molecular complexity index is 1550. The van der Waals surface area contributed by atoms with Crippen molar-refractivity contribution in [1.29, 1.82) is 0 Å². The number of hydrogen-bond acceptors (Lipinski definition) is 3. The summed E-state index contributed by atoms with van der Waals surface area (Å²) < 4.78 is 13.3. The number of carbonyl (C=O) groups is 1. The number of carboxylic acids is 1. The Morgan fingerprint density at radius 2 is 1.63 bits per heavy atom. The van der Waals surface area contributed by atoms with E-state index in [2.05, 4.69) is 12.1 Å². The van der Waals surface area contributed by atoms with Crippen LogP contribution in [0.1, 0.15) is 10.6 Å². The Morgan fingerprint density at radius 1 is 0.833 bits per heavy atom. The second-order valence-corrected chi connectivity index (χ2v) is 7.17. The summed E-state index contributed by atoms with van der Waals surface area (Å²) in [7, 11) is 0. The Morgan fingerprint density at radius 3 is 2.47 bits per heavy atom. The molecular formula is C25H15NO4. The van der Waals surface area contributed by atoms with E-state index in [0.717, 1.165) is 38.3 Å². The zero-order valence-corrected chi connectivity index (χ0v) is 15.7. The molecule has 0 radical (unpaired) electrons. The molecule has 3 aromatic heterocycles. The molecule has 0 spiro atoms. The van der Waals surface area contributed by atoms with Crippen molar-refractivity contribution in [3.05, 3.63) is 90.9 Å². The molecule has 0 aliphatic rings. The predicted octanol–water partition coefficient (Wildman–Crippen LogP) is 6.49. The molecule has 0 aliphatic heterocycles. The van der Waals surface area contributed by atoms with Gasteiger partial charge in [-0.3, -0.25) is 0 Å². The van der Waals surface area contributed by atoms with Crippen molar-refractivity contribution >= 4 is 38.6 Å². The van der Waals surface area contributed by atoms with Crippen LogP contribution in [-0.2, 0) is 0 Å². The molecule has 0 fully saturated rings. The van der Waals surface area contributed by atoms with Crippen LogP contribution in [0.25, 0.3) is 49.8 Å². The fourth-order valence-corrected chi connectivity index (χ4v) is 4.15. The maximum absolute atomic E-state index is 11.8. The van der Waals surface area contributed by atoms with E-state index in [-0.39, 0.29) is 5.76 Å². The zero-order chi connectivity index (χ0) is 20.2. The summed E-state index contributed by atoms with van der Waals surface area (Å²) in [5.74, 6) is -0.569. The molecule has 0 atom stereocenters. The summed E-state index contributed by atoms with van der Waals surface area (Å²) in [4.78, 5) is 11.8.